The number of amides is 1. The first-order chi connectivity index (χ1) is 14.2. The molecule has 0 radical (unpaired) electrons. The predicted molar refractivity (Wildman–Crippen MR) is 112 cm³/mol. The number of rotatable bonds is 6. The van der Waals surface area contributed by atoms with E-state index in [1.165, 1.54) is 6.26 Å². The Morgan fingerprint density at radius 2 is 1.77 bits per heavy atom. The lowest BCUT2D eigenvalue weighted by atomic mass is 9.92. The molecule has 5 unspecified atom stereocenters. The minimum Gasteiger partial charge on any atom is -0.481 e. The number of hydrogen-bond acceptors (Lipinski definition) is 8. The van der Waals surface area contributed by atoms with Crippen LogP contribution in [0.15, 0.2) is 0 Å². The number of carbonyl (C=O) groups is 2. The number of hydrogen-bond donors (Lipinski definition) is 5. The van der Waals surface area contributed by atoms with E-state index in [1.807, 2.05) is 0 Å². The highest BCUT2D eigenvalue weighted by molar-refractivity contribution is 7.91. The van der Waals surface area contributed by atoms with Gasteiger partial charge in [0.1, 0.15) is 6.29 Å². The first kappa shape index (κ1) is 23.4. The molecule has 3 rings (SSSR count). The van der Waals surface area contributed by atoms with E-state index in [2.05, 4.69) is 26.2 Å². The molecule has 172 valence electrons. The Hall–Kier alpha value is -1.27. The number of sulfone groups is 1. The van der Waals surface area contributed by atoms with Crippen molar-refractivity contribution < 1.29 is 23.1 Å². The van der Waals surface area contributed by atoms with Gasteiger partial charge in [-0.05, 0) is 25.7 Å². The molecular formula is C19H35N5O5S. The summed E-state index contributed by atoms with van der Waals surface area (Å²) in [5, 5.41) is 21.7. The average molecular weight is 446 g/mol. The van der Waals surface area contributed by atoms with Gasteiger partial charge in [-0.25, -0.2) is 8.42 Å². The number of carboxylic acid groups (broad SMARTS) is 1. The molecule has 0 aromatic heterocycles. The van der Waals surface area contributed by atoms with E-state index < -0.39 is 21.1 Å². The summed E-state index contributed by atoms with van der Waals surface area (Å²) in [6.45, 7) is 1.74. The van der Waals surface area contributed by atoms with Crippen LogP contribution in [0.5, 0.6) is 0 Å². The van der Waals surface area contributed by atoms with Crippen molar-refractivity contribution >= 4 is 21.7 Å². The highest BCUT2D eigenvalue weighted by atomic mass is 32.2. The fourth-order valence-electron chi connectivity index (χ4n) is 4.97. The zero-order valence-corrected chi connectivity index (χ0v) is 18.6. The maximum atomic E-state index is 12.5. The third-order valence-corrected chi connectivity index (χ3v) is 8.41. The summed E-state index contributed by atoms with van der Waals surface area (Å²) < 4.78 is 24.6. The number of nitrogens with zero attached hydrogens (tertiary/aromatic N) is 1. The minimum atomic E-state index is -3.19. The highest BCUT2D eigenvalue weighted by Gasteiger charge is 2.41. The predicted octanol–water partition coefficient (Wildman–Crippen LogP) is -1.11. The van der Waals surface area contributed by atoms with Gasteiger partial charge >= 0.3 is 5.97 Å². The standard InChI is InChI=1S/C19H35N5O5S/c1-20-17(25)13-11-21-19(24-9-7-12(8-10-24)18(26)27)23-16(13)22-14-5-3-4-6-15(14)30(2,28)29/h12-16,19,21-23H,3-11H2,1-2H3,(H,20,25)(H,26,27). The fourth-order valence-corrected chi connectivity index (χ4v) is 6.37. The van der Waals surface area contributed by atoms with Crippen LogP contribution in [0, 0.1) is 11.8 Å². The van der Waals surface area contributed by atoms with Crippen LogP contribution in [0.2, 0.25) is 0 Å². The fraction of sp³-hybridized carbons (Fsp3) is 0.895. The Morgan fingerprint density at radius 1 is 1.10 bits per heavy atom. The van der Waals surface area contributed by atoms with E-state index in [0.29, 0.717) is 38.9 Å². The van der Waals surface area contributed by atoms with Crippen LogP contribution in [0.25, 0.3) is 0 Å². The van der Waals surface area contributed by atoms with Crippen LogP contribution in [-0.4, -0.2) is 87.0 Å². The molecular weight excluding hydrogens is 410 g/mol. The second-order valence-electron chi connectivity index (χ2n) is 8.75. The van der Waals surface area contributed by atoms with E-state index in [4.69, 9.17) is 0 Å². The quantitative estimate of drug-likeness (QED) is 0.344. The lowest BCUT2D eigenvalue weighted by Crippen LogP contribution is -2.72. The van der Waals surface area contributed by atoms with E-state index in [0.717, 1.165) is 19.3 Å². The van der Waals surface area contributed by atoms with Crippen LogP contribution in [0.3, 0.4) is 0 Å². The topological polar surface area (TPSA) is 140 Å². The van der Waals surface area contributed by atoms with Gasteiger partial charge in [0, 0.05) is 39.0 Å². The Balaban J connectivity index is 1.70. The van der Waals surface area contributed by atoms with Crippen molar-refractivity contribution in [2.24, 2.45) is 11.8 Å². The largest absolute Gasteiger partial charge is 0.481 e. The Bertz CT molecular complexity index is 725. The van der Waals surface area contributed by atoms with E-state index in [1.54, 1.807) is 7.05 Å². The maximum absolute atomic E-state index is 12.5. The molecule has 2 heterocycles. The molecule has 5 N–H and O–H groups in total. The van der Waals surface area contributed by atoms with Crippen LogP contribution < -0.4 is 21.3 Å². The second kappa shape index (κ2) is 9.90. The van der Waals surface area contributed by atoms with Crippen molar-refractivity contribution in [2.75, 3.05) is 32.9 Å². The van der Waals surface area contributed by atoms with Crippen LogP contribution in [0.1, 0.15) is 38.5 Å². The van der Waals surface area contributed by atoms with E-state index in [9.17, 15) is 23.1 Å². The van der Waals surface area contributed by atoms with Gasteiger partial charge in [0.2, 0.25) is 5.91 Å². The molecule has 30 heavy (non-hydrogen) atoms. The zero-order valence-electron chi connectivity index (χ0n) is 17.8. The minimum absolute atomic E-state index is 0.109. The average Bonchev–Trinajstić information content (AvgIpc) is 2.73. The van der Waals surface area contributed by atoms with Gasteiger partial charge in [-0.15, -0.1) is 0 Å². The molecule has 1 saturated carbocycles. The molecule has 0 spiro atoms. The number of aliphatic carboxylic acids is 1. The van der Waals surface area contributed by atoms with Gasteiger partial charge in [-0.2, -0.15) is 0 Å². The summed E-state index contributed by atoms with van der Waals surface area (Å²) in [4.78, 5) is 25.8. The molecule has 0 aromatic carbocycles. The van der Waals surface area contributed by atoms with Crippen molar-refractivity contribution in [3.63, 3.8) is 0 Å². The molecule has 5 atom stereocenters. The SMILES string of the molecule is CNC(=O)C1CNC(N2CCC(C(=O)O)CC2)NC1NC1CCCCC1S(C)(=O)=O. The van der Waals surface area contributed by atoms with Gasteiger partial charge in [-0.1, -0.05) is 12.8 Å². The summed E-state index contributed by atoms with van der Waals surface area (Å²) >= 11 is 0. The third kappa shape index (κ3) is 5.50. The summed E-state index contributed by atoms with van der Waals surface area (Å²) in [5.41, 5.74) is 0. The lowest BCUT2D eigenvalue weighted by molar-refractivity contribution is -0.144. The van der Waals surface area contributed by atoms with Gasteiger partial charge in [0.25, 0.3) is 0 Å². The van der Waals surface area contributed by atoms with E-state index in [-0.39, 0.29) is 36.2 Å². The third-order valence-electron chi connectivity index (χ3n) is 6.74. The van der Waals surface area contributed by atoms with Crippen molar-refractivity contribution in [3.8, 4) is 0 Å². The molecule has 1 aliphatic carbocycles. The van der Waals surface area contributed by atoms with E-state index >= 15 is 0 Å². The molecule has 11 heteroatoms. The Labute approximate surface area is 178 Å². The Kier molecular flexibility index (Phi) is 7.72. The molecule has 3 fully saturated rings. The second-order valence-corrected chi connectivity index (χ2v) is 11.0. The highest BCUT2D eigenvalue weighted by Crippen LogP contribution is 2.26. The van der Waals surface area contributed by atoms with Crippen LogP contribution in [-0.2, 0) is 19.4 Å². The van der Waals surface area contributed by atoms with Crippen molar-refractivity contribution in [1.29, 1.82) is 0 Å². The molecule has 1 amide bonds. The first-order valence-corrected chi connectivity index (χ1v) is 12.8. The maximum Gasteiger partial charge on any atom is 0.306 e. The van der Waals surface area contributed by atoms with Gasteiger partial charge in [-0.3, -0.25) is 30.4 Å². The van der Waals surface area contributed by atoms with Gasteiger partial charge < -0.3 is 10.4 Å². The van der Waals surface area contributed by atoms with Crippen molar-refractivity contribution in [3.05, 3.63) is 0 Å². The van der Waals surface area contributed by atoms with Gasteiger partial charge in [0.05, 0.1) is 23.3 Å². The molecule has 2 saturated heterocycles. The molecule has 10 nitrogen and oxygen atoms in total. The summed E-state index contributed by atoms with van der Waals surface area (Å²) in [7, 11) is -1.59. The van der Waals surface area contributed by atoms with Gasteiger partial charge in [0.15, 0.2) is 9.84 Å². The molecule has 0 bridgehead atoms. The Morgan fingerprint density at radius 3 is 2.37 bits per heavy atom. The van der Waals surface area contributed by atoms with Crippen molar-refractivity contribution in [2.45, 2.75) is 62.3 Å². The number of carbonyl (C=O) groups excluding carboxylic acids is 1. The number of likely N-dealkylation sites (tertiary alicyclic amines) is 1. The normalized spacial score (nSPS) is 34.4. The summed E-state index contributed by atoms with van der Waals surface area (Å²) in [6, 6.07) is -0.199. The zero-order chi connectivity index (χ0) is 21.9. The molecule has 2 aliphatic heterocycles. The van der Waals surface area contributed by atoms with Crippen molar-refractivity contribution in [1.82, 2.24) is 26.2 Å². The monoisotopic (exact) mass is 445 g/mol. The number of carboxylic acids is 1. The number of piperidine rings is 1. The summed E-state index contributed by atoms with van der Waals surface area (Å²) in [5.74, 6) is -1.55. The van der Waals surface area contributed by atoms with Crippen LogP contribution >= 0.6 is 0 Å². The molecule has 3 aliphatic rings. The number of nitrogens with one attached hydrogen (secondary N) is 4. The lowest BCUT2D eigenvalue weighted by Gasteiger charge is -2.46. The summed E-state index contributed by atoms with van der Waals surface area (Å²) in [6.07, 6.45) is 5.16. The van der Waals surface area contributed by atoms with Crippen LogP contribution in [0.4, 0.5) is 0 Å². The smallest absolute Gasteiger partial charge is 0.306 e. The molecule has 0 aromatic rings. The first-order valence-electron chi connectivity index (χ1n) is 10.8.